The SMILES string of the molecule is CC[C@H](C)NC[C@@H](O)COc1ccc2c(c1)CCC2. The van der Waals surface area contributed by atoms with Crippen molar-refractivity contribution in [2.24, 2.45) is 0 Å². The van der Waals surface area contributed by atoms with Crippen LogP contribution in [0.3, 0.4) is 0 Å². The minimum Gasteiger partial charge on any atom is -0.491 e. The summed E-state index contributed by atoms with van der Waals surface area (Å²) in [5.74, 6) is 0.878. The lowest BCUT2D eigenvalue weighted by Crippen LogP contribution is -2.36. The summed E-state index contributed by atoms with van der Waals surface area (Å²) in [6, 6.07) is 6.73. The molecule has 0 aromatic heterocycles. The van der Waals surface area contributed by atoms with Gasteiger partial charge in [-0.3, -0.25) is 0 Å². The van der Waals surface area contributed by atoms with E-state index in [-0.39, 0.29) is 0 Å². The second-order valence-corrected chi connectivity index (χ2v) is 5.47. The van der Waals surface area contributed by atoms with Gasteiger partial charge in [0.25, 0.3) is 0 Å². The minimum atomic E-state index is -0.456. The van der Waals surface area contributed by atoms with Crippen molar-refractivity contribution in [3.8, 4) is 5.75 Å². The predicted molar refractivity (Wildman–Crippen MR) is 77.7 cm³/mol. The van der Waals surface area contributed by atoms with Crippen LogP contribution < -0.4 is 10.1 Å². The largest absolute Gasteiger partial charge is 0.491 e. The highest BCUT2D eigenvalue weighted by molar-refractivity contribution is 5.38. The Bertz CT molecular complexity index is 406. The van der Waals surface area contributed by atoms with Gasteiger partial charge in [-0.15, -0.1) is 0 Å². The van der Waals surface area contributed by atoms with E-state index in [4.69, 9.17) is 4.74 Å². The third-order valence-corrected chi connectivity index (χ3v) is 3.83. The number of fused-ring (bicyclic) bond motifs is 1. The zero-order valence-electron chi connectivity index (χ0n) is 12.0. The summed E-state index contributed by atoms with van der Waals surface area (Å²) < 4.78 is 5.67. The Balaban J connectivity index is 1.75. The van der Waals surface area contributed by atoms with Gasteiger partial charge in [-0.2, -0.15) is 0 Å². The molecule has 2 atom stereocenters. The molecule has 0 fully saturated rings. The molecule has 3 heteroatoms. The summed E-state index contributed by atoms with van der Waals surface area (Å²) in [5.41, 5.74) is 2.86. The van der Waals surface area contributed by atoms with E-state index in [9.17, 15) is 5.11 Å². The summed E-state index contributed by atoms with van der Waals surface area (Å²) in [7, 11) is 0. The van der Waals surface area contributed by atoms with Crippen molar-refractivity contribution in [3.63, 3.8) is 0 Å². The van der Waals surface area contributed by atoms with Crippen LogP contribution in [-0.2, 0) is 12.8 Å². The fourth-order valence-electron chi connectivity index (χ4n) is 2.37. The van der Waals surface area contributed by atoms with Crippen molar-refractivity contribution >= 4 is 0 Å². The van der Waals surface area contributed by atoms with E-state index in [1.54, 1.807) is 0 Å². The number of hydrogen-bond donors (Lipinski definition) is 2. The Morgan fingerprint density at radius 1 is 1.32 bits per heavy atom. The molecule has 0 radical (unpaired) electrons. The number of aryl methyl sites for hydroxylation is 2. The molecule has 0 spiro atoms. The smallest absolute Gasteiger partial charge is 0.119 e. The van der Waals surface area contributed by atoms with Gasteiger partial charge in [0.1, 0.15) is 18.5 Å². The second-order valence-electron chi connectivity index (χ2n) is 5.47. The number of hydrogen-bond acceptors (Lipinski definition) is 3. The normalized spacial score (nSPS) is 17.0. The molecule has 0 saturated heterocycles. The van der Waals surface area contributed by atoms with Crippen LogP contribution in [0.5, 0.6) is 5.75 Å². The fourth-order valence-corrected chi connectivity index (χ4v) is 2.37. The first-order chi connectivity index (χ1) is 9.19. The molecule has 0 amide bonds. The monoisotopic (exact) mass is 263 g/mol. The van der Waals surface area contributed by atoms with Crippen molar-refractivity contribution in [3.05, 3.63) is 29.3 Å². The Hall–Kier alpha value is -1.06. The molecule has 2 N–H and O–H groups in total. The van der Waals surface area contributed by atoms with E-state index in [0.29, 0.717) is 19.2 Å². The molecular formula is C16H25NO2. The molecule has 1 aromatic rings. The molecule has 1 aromatic carbocycles. The molecule has 2 rings (SSSR count). The van der Waals surface area contributed by atoms with Crippen LogP contribution in [0, 0.1) is 0 Å². The number of rotatable bonds is 7. The summed E-state index contributed by atoms with van der Waals surface area (Å²) in [6.45, 7) is 5.18. The van der Waals surface area contributed by atoms with Crippen LogP contribution in [0.1, 0.15) is 37.8 Å². The standard InChI is InChI=1S/C16H25NO2/c1-3-12(2)17-10-15(18)11-19-16-8-7-13-5-4-6-14(13)9-16/h7-9,12,15,17-18H,3-6,10-11H2,1-2H3/t12-,15+/m0/s1. The number of aliphatic hydroxyl groups is 1. The molecule has 3 nitrogen and oxygen atoms in total. The summed E-state index contributed by atoms with van der Waals surface area (Å²) in [4.78, 5) is 0. The van der Waals surface area contributed by atoms with E-state index in [1.807, 2.05) is 6.07 Å². The van der Waals surface area contributed by atoms with Gasteiger partial charge in [-0.25, -0.2) is 0 Å². The first kappa shape index (κ1) is 14.4. The molecule has 0 aliphatic heterocycles. The third-order valence-electron chi connectivity index (χ3n) is 3.83. The van der Waals surface area contributed by atoms with E-state index >= 15 is 0 Å². The lowest BCUT2D eigenvalue weighted by Gasteiger charge is -2.16. The van der Waals surface area contributed by atoms with Crippen molar-refractivity contribution in [2.45, 2.75) is 51.7 Å². The minimum absolute atomic E-state index is 0.349. The van der Waals surface area contributed by atoms with Gasteiger partial charge < -0.3 is 15.2 Å². The summed E-state index contributed by atoms with van der Waals surface area (Å²) in [6.07, 6.45) is 4.21. The fraction of sp³-hybridized carbons (Fsp3) is 0.625. The average Bonchev–Trinajstić information content (AvgIpc) is 2.89. The van der Waals surface area contributed by atoms with E-state index in [2.05, 4.69) is 31.3 Å². The van der Waals surface area contributed by atoms with Crippen LogP contribution in [0.25, 0.3) is 0 Å². The maximum absolute atomic E-state index is 9.86. The lowest BCUT2D eigenvalue weighted by molar-refractivity contribution is 0.104. The third kappa shape index (κ3) is 4.22. The van der Waals surface area contributed by atoms with Crippen LogP contribution in [0.2, 0.25) is 0 Å². The van der Waals surface area contributed by atoms with Gasteiger partial charge in [-0.1, -0.05) is 13.0 Å². The molecule has 0 unspecified atom stereocenters. The number of benzene rings is 1. The molecule has 0 heterocycles. The van der Waals surface area contributed by atoms with Crippen LogP contribution >= 0.6 is 0 Å². The molecular weight excluding hydrogens is 238 g/mol. The van der Waals surface area contributed by atoms with Gasteiger partial charge in [0, 0.05) is 12.6 Å². The zero-order chi connectivity index (χ0) is 13.7. The predicted octanol–water partition coefficient (Wildman–Crippen LogP) is 2.30. The first-order valence-corrected chi connectivity index (χ1v) is 7.35. The number of nitrogens with one attached hydrogen (secondary N) is 1. The zero-order valence-corrected chi connectivity index (χ0v) is 12.0. The van der Waals surface area contributed by atoms with Gasteiger partial charge in [0.2, 0.25) is 0 Å². The number of ether oxygens (including phenoxy) is 1. The number of aliphatic hydroxyl groups excluding tert-OH is 1. The maximum atomic E-state index is 9.86. The van der Waals surface area contributed by atoms with Gasteiger partial charge in [0.15, 0.2) is 0 Å². The highest BCUT2D eigenvalue weighted by atomic mass is 16.5. The van der Waals surface area contributed by atoms with Crippen LogP contribution in [0.15, 0.2) is 18.2 Å². The molecule has 1 aliphatic rings. The topological polar surface area (TPSA) is 41.5 Å². The van der Waals surface area contributed by atoms with Crippen molar-refractivity contribution in [1.29, 1.82) is 0 Å². The molecule has 1 aliphatic carbocycles. The molecule has 19 heavy (non-hydrogen) atoms. The molecule has 0 bridgehead atoms. The Morgan fingerprint density at radius 3 is 2.89 bits per heavy atom. The highest BCUT2D eigenvalue weighted by Crippen LogP contribution is 2.25. The van der Waals surface area contributed by atoms with Crippen molar-refractivity contribution in [2.75, 3.05) is 13.2 Å². The average molecular weight is 263 g/mol. The van der Waals surface area contributed by atoms with Gasteiger partial charge in [-0.05, 0) is 55.9 Å². The maximum Gasteiger partial charge on any atom is 0.119 e. The van der Waals surface area contributed by atoms with Crippen LogP contribution in [-0.4, -0.2) is 30.4 Å². The molecule has 0 saturated carbocycles. The summed E-state index contributed by atoms with van der Waals surface area (Å²) >= 11 is 0. The van der Waals surface area contributed by atoms with Crippen molar-refractivity contribution < 1.29 is 9.84 Å². The van der Waals surface area contributed by atoms with Crippen molar-refractivity contribution in [1.82, 2.24) is 5.32 Å². The first-order valence-electron chi connectivity index (χ1n) is 7.35. The Kier molecular flexibility index (Phi) is 5.23. The highest BCUT2D eigenvalue weighted by Gasteiger charge is 2.12. The quantitative estimate of drug-likeness (QED) is 0.793. The Labute approximate surface area is 116 Å². The van der Waals surface area contributed by atoms with E-state index < -0.39 is 6.10 Å². The lowest BCUT2D eigenvalue weighted by atomic mass is 10.1. The Morgan fingerprint density at radius 2 is 2.11 bits per heavy atom. The van der Waals surface area contributed by atoms with Gasteiger partial charge in [0.05, 0.1) is 0 Å². The van der Waals surface area contributed by atoms with E-state index in [1.165, 1.54) is 24.0 Å². The molecule has 106 valence electrons. The van der Waals surface area contributed by atoms with E-state index in [0.717, 1.165) is 18.6 Å². The summed E-state index contributed by atoms with van der Waals surface area (Å²) in [5, 5.41) is 13.1. The van der Waals surface area contributed by atoms with Gasteiger partial charge >= 0.3 is 0 Å². The second kappa shape index (κ2) is 6.92. The van der Waals surface area contributed by atoms with Crippen LogP contribution in [0.4, 0.5) is 0 Å².